The van der Waals surface area contributed by atoms with Crippen LogP contribution in [0, 0.1) is 0 Å². The molecule has 1 rings (SSSR count). The van der Waals surface area contributed by atoms with Crippen molar-refractivity contribution in [1.29, 1.82) is 0 Å². The van der Waals surface area contributed by atoms with Crippen molar-refractivity contribution in [2.24, 2.45) is 0 Å². The second kappa shape index (κ2) is 9.66. The highest BCUT2D eigenvalue weighted by atomic mass is 19.3. The summed E-state index contributed by atoms with van der Waals surface area (Å²) in [6, 6.07) is 7.78. The van der Waals surface area contributed by atoms with Crippen LogP contribution in [0.15, 0.2) is 24.3 Å². The standard InChI is InChI=1S/C15H23F2NO2/c1-3-9-18-13(8-10-20-11-15(16)17)12-6-4-5-7-14(12)19-2/h4-7,13,15,18H,3,8-11H2,1-2H3. The molecule has 0 aliphatic carbocycles. The molecule has 114 valence electrons. The Balaban J connectivity index is 2.62. The number of methoxy groups -OCH3 is 1. The molecule has 0 saturated carbocycles. The molecule has 3 nitrogen and oxygen atoms in total. The summed E-state index contributed by atoms with van der Waals surface area (Å²) in [6.07, 6.45) is -0.778. The van der Waals surface area contributed by atoms with Gasteiger partial charge >= 0.3 is 0 Å². The molecule has 0 aliphatic heterocycles. The smallest absolute Gasteiger partial charge is 0.261 e. The third-order valence-corrected chi connectivity index (χ3v) is 2.95. The first-order valence-corrected chi connectivity index (χ1v) is 6.91. The third kappa shape index (κ3) is 5.84. The Morgan fingerprint density at radius 3 is 2.65 bits per heavy atom. The summed E-state index contributed by atoms with van der Waals surface area (Å²) in [4.78, 5) is 0. The van der Waals surface area contributed by atoms with Crippen molar-refractivity contribution >= 4 is 0 Å². The van der Waals surface area contributed by atoms with Gasteiger partial charge in [0.05, 0.1) is 7.11 Å². The minimum atomic E-state index is -2.41. The highest BCUT2D eigenvalue weighted by Gasteiger charge is 2.15. The lowest BCUT2D eigenvalue weighted by atomic mass is 10.0. The van der Waals surface area contributed by atoms with E-state index in [1.807, 2.05) is 24.3 Å². The molecule has 0 radical (unpaired) electrons. The molecular weight excluding hydrogens is 264 g/mol. The van der Waals surface area contributed by atoms with E-state index in [9.17, 15) is 8.78 Å². The molecule has 1 atom stereocenters. The first kappa shape index (κ1) is 16.9. The predicted molar refractivity (Wildman–Crippen MR) is 75.5 cm³/mol. The average molecular weight is 287 g/mol. The fraction of sp³-hybridized carbons (Fsp3) is 0.600. The van der Waals surface area contributed by atoms with E-state index in [1.165, 1.54) is 0 Å². The summed E-state index contributed by atoms with van der Waals surface area (Å²) in [5.41, 5.74) is 1.03. The Kier molecular flexibility index (Phi) is 8.14. The van der Waals surface area contributed by atoms with E-state index in [4.69, 9.17) is 9.47 Å². The molecule has 1 aromatic rings. The van der Waals surface area contributed by atoms with Crippen LogP contribution in [0.2, 0.25) is 0 Å². The van der Waals surface area contributed by atoms with E-state index in [-0.39, 0.29) is 6.04 Å². The molecule has 0 bridgehead atoms. The molecule has 20 heavy (non-hydrogen) atoms. The zero-order valence-electron chi connectivity index (χ0n) is 12.1. The minimum absolute atomic E-state index is 0.0452. The molecule has 0 amide bonds. The molecule has 1 aromatic carbocycles. The summed E-state index contributed by atoms with van der Waals surface area (Å²) >= 11 is 0. The van der Waals surface area contributed by atoms with Crippen molar-refractivity contribution in [1.82, 2.24) is 5.32 Å². The second-order valence-corrected chi connectivity index (χ2v) is 4.50. The maximum absolute atomic E-state index is 12.0. The van der Waals surface area contributed by atoms with Gasteiger partial charge in [0, 0.05) is 18.2 Å². The van der Waals surface area contributed by atoms with Crippen LogP contribution in [-0.2, 0) is 4.74 Å². The molecule has 0 fully saturated rings. The van der Waals surface area contributed by atoms with Gasteiger partial charge in [-0.2, -0.15) is 0 Å². The quantitative estimate of drug-likeness (QED) is 0.669. The van der Waals surface area contributed by atoms with Crippen LogP contribution in [0.5, 0.6) is 5.75 Å². The van der Waals surface area contributed by atoms with Crippen LogP contribution in [0.25, 0.3) is 0 Å². The van der Waals surface area contributed by atoms with Gasteiger partial charge in [0.15, 0.2) is 0 Å². The maximum Gasteiger partial charge on any atom is 0.261 e. The van der Waals surface area contributed by atoms with Crippen LogP contribution in [0.1, 0.15) is 31.4 Å². The van der Waals surface area contributed by atoms with E-state index < -0.39 is 13.0 Å². The van der Waals surface area contributed by atoms with Crippen molar-refractivity contribution in [2.75, 3.05) is 26.9 Å². The van der Waals surface area contributed by atoms with Gasteiger partial charge in [-0.3, -0.25) is 0 Å². The number of ether oxygens (including phenoxy) is 2. The molecule has 1 unspecified atom stereocenters. The van der Waals surface area contributed by atoms with Crippen LogP contribution in [-0.4, -0.2) is 33.3 Å². The Bertz CT molecular complexity index is 375. The van der Waals surface area contributed by atoms with Crippen molar-refractivity contribution in [3.05, 3.63) is 29.8 Å². The van der Waals surface area contributed by atoms with E-state index in [0.29, 0.717) is 13.0 Å². The first-order valence-electron chi connectivity index (χ1n) is 6.91. The summed E-state index contributed by atoms with van der Waals surface area (Å²) in [5.74, 6) is 0.801. The Morgan fingerprint density at radius 2 is 2.00 bits per heavy atom. The number of alkyl halides is 2. The van der Waals surface area contributed by atoms with Gasteiger partial charge < -0.3 is 14.8 Å². The predicted octanol–water partition coefficient (Wildman–Crippen LogP) is 3.41. The Morgan fingerprint density at radius 1 is 1.25 bits per heavy atom. The highest BCUT2D eigenvalue weighted by Crippen LogP contribution is 2.27. The molecule has 0 heterocycles. The lowest BCUT2D eigenvalue weighted by molar-refractivity contribution is 0.0143. The number of hydrogen-bond acceptors (Lipinski definition) is 3. The molecular formula is C15H23F2NO2. The number of nitrogens with one attached hydrogen (secondary N) is 1. The first-order chi connectivity index (χ1) is 9.69. The lowest BCUT2D eigenvalue weighted by Crippen LogP contribution is -2.24. The monoisotopic (exact) mass is 287 g/mol. The fourth-order valence-corrected chi connectivity index (χ4v) is 2.01. The van der Waals surface area contributed by atoms with Gasteiger partial charge in [-0.15, -0.1) is 0 Å². The number of rotatable bonds is 10. The van der Waals surface area contributed by atoms with E-state index in [2.05, 4.69) is 12.2 Å². The van der Waals surface area contributed by atoms with Gasteiger partial charge in [-0.1, -0.05) is 25.1 Å². The van der Waals surface area contributed by atoms with Crippen molar-refractivity contribution in [2.45, 2.75) is 32.2 Å². The Labute approximate surface area is 119 Å². The van der Waals surface area contributed by atoms with E-state index in [1.54, 1.807) is 7.11 Å². The number of halogens is 2. The maximum atomic E-state index is 12.0. The largest absolute Gasteiger partial charge is 0.496 e. The van der Waals surface area contributed by atoms with Gasteiger partial charge in [0.1, 0.15) is 12.4 Å². The van der Waals surface area contributed by atoms with Crippen molar-refractivity contribution < 1.29 is 18.3 Å². The number of benzene rings is 1. The van der Waals surface area contributed by atoms with Crippen molar-refractivity contribution in [3.8, 4) is 5.75 Å². The van der Waals surface area contributed by atoms with Gasteiger partial charge in [-0.05, 0) is 25.5 Å². The van der Waals surface area contributed by atoms with Gasteiger partial charge in [0.25, 0.3) is 6.43 Å². The van der Waals surface area contributed by atoms with Crippen LogP contribution >= 0.6 is 0 Å². The second-order valence-electron chi connectivity index (χ2n) is 4.50. The van der Waals surface area contributed by atoms with Gasteiger partial charge in [0.2, 0.25) is 0 Å². The molecule has 0 aromatic heterocycles. The SMILES string of the molecule is CCCNC(CCOCC(F)F)c1ccccc1OC. The zero-order valence-corrected chi connectivity index (χ0v) is 12.1. The van der Waals surface area contributed by atoms with Crippen LogP contribution < -0.4 is 10.1 Å². The molecule has 0 saturated heterocycles. The molecule has 5 heteroatoms. The Hall–Kier alpha value is -1.20. The third-order valence-electron chi connectivity index (χ3n) is 2.95. The topological polar surface area (TPSA) is 30.5 Å². The molecule has 1 N–H and O–H groups in total. The summed E-state index contributed by atoms with van der Waals surface area (Å²) < 4.78 is 34.4. The fourth-order valence-electron chi connectivity index (χ4n) is 2.01. The highest BCUT2D eigenvalue weighted by molar-refractivity contribution is 5.35. The summed E-state index contributed by atoms with van der Waals surface area (Å²) in [5, 5.41) is 3.40. The van der Waals surface area contributed by atoms with Crippen LogP contribution in [0.4, 0.5) is 8.78 Å². The normalized spacial score (nSPS) is 12.7. The molecule has 0 aliphatic rings. The summed E-state index contributed by atoms with van der Waals surface area (Å²) in [7, 11) is 1.63. The van der Waals surface area contributed by atoms with Crippen molar-refractivity contribution in [3.63, 3.8) is 0 Å². The number of para-hydroxylation sites is 1. The molecule has 0 spiro atoms. The lowest BCUT2D eigenvalue weighted by Gasteiger charge is -2.21. The summed E-state index contributed by atoms with van der Waals surface area (Å²) in [6.45, 7) is 2.73. The minimum Gasteiger partial charge on any atom is -0.496 e. The zero-order chi connectivity index (χ0) is 14.8. The van der Waals surface area contributed by atoms with E-state index >= 15 is 0 Å². The van der Waals surface area contributed by atoms with Crippen LogP contribution in [0.3, 0.4) is 0 Å². The average Bonchev–Trinajstić information content (AvgIpc) is 2.46. The van der Waals surface area contributed by atoms with E-state index in [0.717, 1.165) is 24.3 Å². The van der Waals surface area contributed by atoms with Gasteiger partial charge in [-0.25, -0.2) is 8.78 Å². The number of hydrogen-bond donors (Lipinski definition) is 1.